The van der Waals surface area contributed by atoms with Crippen molar-refractivity contribution in [1.29, 1.82) is 0 Å². The smallest absolute Gasteiger partial charge is 0.232 e. The molecule has 144 valence electrons. The Kier molecular flexibility index (Phi) is 4.53. The summed E-state index contributed by atoms with van der Waals surface area (Å²) >= 11 is 0. The Balaban J connectivity index is 1.60. The first kappa shape index (κ1) is 18.4. The van der Waals surface area contributed by atoms with Gasteiger partial charge in [-0.3, -0.25) is 4.79 Å². The van der Waals surface area contributed by atoms with E-state index in [0.717, 1.165) is 22.4 Å². The lowest BCUT2D eigenvalue weighted by Crippen LogP contribution is -2.26. The predicted molar refractivity (Wildman–Crippen MR) is 110 cm³/mol. The zero-order valence-electron chi connectivity index (χ0n) is 17.0. The van der Waals surface area contributed by atoms with Gasteiger partial charge in [0.1, 0.15) is 0 Å². The maximum Gasteiger partial charge on any atom is 0.232 e. The fourth-order valence-electron chi connectivity index (χ4n) is 4.09. The van der Waals surface area contributed by atoms with E-state index in [1.165, 1.54) is 16.7 Å². The average molecular weight is 375 g/mol. The van der Waals surface area contributed by atoms with Crippen LogP contribution in [0.5, 0.6) is 0 Å². The first-order valence-corrected chi connectivity index (χ1v) is 9.63. The minimum absolute atomic E-state index is 0.0830. The van der Waals surface area contributed by atoms with E-state index < -0.39 is 0 Å². The Morgan fingerprint density at radius 3 is 2.36 bits per heavy atom. The minimum Gasteiger partial charge on any atom is -0.339 e. The Bertz CT molecular complexity index is 1040. The number of aryl methyl sites for hydroxylation is 5. The van der Waals surface area contributed by atoms with Crippen molar-refractivity contribution in [3.63, 3.8) is 0 Å². The summed E-state index contributed by atoms with van der Waals surface area (Å²) in [4.78, 5) is 19.2. The van der Waals surface area contributed by atoms with E-state index in [-0.39, 0.29) is 11.8 Å². The Morgan fingerprint density at radius 1 is 0.964 bits per heavy atom. The van der Waals surface area contributed by atoms with E-state index >= 15 is 0 Å². The second-order valence-corrected chi connectivity index (χ2v) is 7.91. The summed E-state index contributed by atoms with van der Waals surface area (Å²) in [6.07, 6.45) is 0.390. The fourth-order valence-corrected chi connectivity index (χ4v) is 4.09. The molecule has 0 saturated carbocycles. The molecule has 2 heterocycles. The summed E-state index contributed by atoms with van der Waals surface area (Å²) in [5.74, 6) is 1.13. The molecule has 0 aliphatic carbocycles. The number of carbonyl (C=O) groups is 1. The Morgan fingerprint density at radius 2 is 1.68 bits per heavy atom. The molecule has 5 nitrogen and oxygen atoms in total. The SMILES string of the molecule is Cc1cc(C)c(N2CC(c3nc(-c4ccc(C)c(C)c4)no3)CC2=O)c(C)c1. The van der Waals surface area contributed by atoms with Crippen LogP contribution < -0.4 is 4.90 Å². The van der Waals surface area contributed by atoms with Gasteiger partial charge in [-0.05, 0) is 62.9 Å². The summed E-state index contributed by atoms with van der Waals surface area (Å²) in [6, 6.07) is 10.4. The third kappa shape index (κ3) is 3.21. The molecule has 0 spiro atoms. The summed E-state index contributed by atoms with van der Waals surface area (Å²) in [5.41, 5.74) is 7.80. The van der Waals surface area contributed by atoms with Gasteiger partial charge in [0.2, 0.25) is 17.6 Å². The standard InChI is InChI=1S/C23H25N3O2/c1-13-8-16(4)21(17(5)9-13)26-12-19(11-20(26)27)23-24-22(25-28-23)18-7-6-14(2)15(3)10-18/h6-10,19H,11-12H2,1-5H3. The Labute approximate surface area is 165 Å². The van der Waals surface area contributed by atoms with Crippen LogP contribution in [0.2, 0.25) is 0 Å². The molecule has 5 heteroatoms. The molecule has 0 radical (unpaired) electrons. The van der Waals surface area contributed by atoms with Crippen LogP contribution in [-0.4, -0.2) is 22.6 Å². The van der Waals surface area contributed by atoms with Gasteiger partial charge in [0.05, 0.1) is 5.92 Å². The predicted octanol–water partition coefficient (Wildman–Crippen LogP) is 4.80. The summed E-state index contributed by atoms with van der Waals surface area (Å²) < 4.78 is 5.55. The molecule has 1 fully saturated rings. The number of rotatable bonds is 3. The number of anilines is 1. The van der Waals surface area contributed by atoms with Crippen LogP contribution in [0.1, 0.15) is 46.0 Å². The molecule has 1 atom stereocenters. The van der Waals surface area contributed by atoms with Crippen LogP contribution >= 0.6 is 0 Å². The highest BCUT2D eigenvalue weighted by Gasteiger charge is 2.36. The van der Waals surface area contributed by atoms with Crippen LogP contribution in [-0.2, 0) is 4.79 Å². The first-order valence-electron chi connectivity index (χ1n) is 9.63. The van der Waals surface area contributed by atoms with E-state index in [0.29, 0.717) is 24.7 Å². The molecule has 2 aromatic carbocycles. The van der Waals surface area contributed by atoms with Crippen molar-refractivity contribution >= 4 is 11.6 Å². The number of aromatic nitrogens is 2. The average Bonchev–Trinajstić information content (AvgIpc) is 3.24. The normalized spacial score (nSPS) is 16.8. The Hall–Kier alpha value is -2.95. The van der Waals surface area contributed by atoms with E-state index in [1.54, 1.807) is 0 Å². The molecule has 1 aliphatic heterocycles. The fraction of sp³-hybridized carbons (Fsp3) is 0.348. The van der Waals surface area contributed by atoms with E-state index in [1.807, 2.05) is 11.0 Å². The van der Waals surface area contributed by atoms with Gasteiger partial charge < -0.3 is 9.42 Å². The van der Waals surface area contributed by atoms with Crippen LogP contribution in [0.4, 0.5) is 5.69 Å². The molecular weight excluding hydrogens is 350 g/mol. The van der Waals surface area contributed by atoms with Gasteiger partial charge in [-0.1, -0.05) is 35.0 Å². The molecule has 3 aromatic rings. The molecule has 28 heavy (non-hydrogen) atoms. The highest BCUT2D eigenvalue weighted by atomic mass is 16.5. The third-order valence-corrected chi connectivity index (χ3v) is 5.59. The van der Waals surface area contributed by atoms with Gasteiger partial charge in [0, 0.05) is 24.2 Å². The number of benzene rings is 2. The van der Waals surface area contributed by atoms with Crippen LogP contribution in [0, 0.1) is 34.6 Å². The first-order chi connectivity index (χ1) is 13.3. The van der Waals surface area contributed by atoms with Gasteiger partial charge in [0.25, 0.3) is 0 Å². The topological polar surface area (TPSA) is 59.2 Å². The second kappa shape index (κ2) is 6.89. The van der Waals surface area contributed by atoms with Crippen LogP contribution in [0.25, 0.3) is 11.4 Å². The second-order valence-electron chi connectivity index (χ2n) is 7.91. The lowest BCUT2D eigenvalue weighted by Gasteiger charge is -2.21. The van der Waals surface area contributed by atoms with Crippen molar-refractivity contribution in [2.24, 2.45) is 0 Å². The van der Waals surface area contributed by atoms with Crippen molar-refractivity contribution in [3.8, 4) is 11.4 Å². The highest BCUT2D eigenvalue weighted by molar-refractivity contribution is 5.97. The largest absolute Gasteiger partial charge is 0.339 e. The van der Waals surface area contributed by atoms with Crippen LogP contribution in [0.15, 0.2) is 34.9 Å². The lowest BCUT2D eigenvalue weighted by atomic mass is 10.0. The molecule has 0 bridgehead atoms. The van der Waals surface area contributed by atoms with E-state index in [2.05, 4.69) is 69.0 Å². The number of nitrogens with zero attached hydrogens (tertiary/aromatic N) is 3. The summed E-state index contributed by atoms with van der Waals surface area (Å²) in [6.45, 7) is 10.9. The maximum absolute atomic E-state index is 12.7. The molecule has 4 rings (SSSR count). The van der Waals surface area contributed by atoms with E-state index in [4.69, 9.17) is 4.52 Å². The van der Waals surface area contributed by atoms with Gasteiger partial charge in [-0.2, -0.15) is 4.98 Å². The minimum atomic E-state index is -0.0830. The molecular formula is C23H25N3O2. The van der Waals surface area contributed by atoms with E-state index in [9.17, 15) is 4.79 Å². The number of amides is 1. The zero-order valence-corrected chi connectivity index (χ0v) is 17.0. The van der Waals surface area contributed by atoms with Gasteiger partial charge in [0.15, 0.2) is 0 Å². The van der Waals surface area contributed by atoms with Crippen molar-refractivity contribution < 1.29 is 9.32 Å². The molecule has 1 amide bonds. The van der Waals surface area contributed by atoms with Crippen molar-refractivity contribution in [2.45, 2.75) is 47.0 Å². The van der Waals surface area contributed by atoms with Crippen LogP contribution in [0.3, 0.4) is 0 Å². The van der Waals surface area contributed by atoms with Gasteiger partial charge in [-0.15, -0.1) is 0 Å². The number of carbonyl (C=O) groups excluding carboxylic acids is 1. The monoisotopic (exact) mass is 375 g/mol. The zero-order chi connectivity index (χ0) is 20.0. The molecule has 1 unspecified atom stereocenters. The molecule has 1 aliphatic rings. The molecule has 1 aromatic heterocycles. The number of hydrogen-bond acceptors (Lipinski definition) is 4. The summed E-state index contributed by atoms with van der Waals surface area (Å²) in [7, 11) is 0. The van der Waals surface area contributed by atoms with Crippen molar-refractivity contribution in [1.82, 2.24) is 10.1 Å². The van der Waals surface area contributed by atoms with Crippen molar-refractivity contribution in [2.75, 3.05) is 11.4 Å². The third-order valence-electron chi connectivity index (χ3n) is 5.59. The summed E-state index contributed by atoms with van der Waals surface area (Å²) in [5, 5.41) is 4.16. The number of hydrogen-bond donors (Lipinski definition) is 0. The van der Waals surface area contributed by atoms with Crippen molar-refractivity contribution in [3.05, 3.63) is 64.0 Å². The maximum atomic E-state index is 12.7. The lowest BCUT2D eigenvalue weighted by molar-refractivity contribution is -0.117. The molecule has 0 N–H and O–H groups in total. The van der Waals surface area contributed by atoms with Gasteiger partial charge in [-0.25, -0.2) is 0 Å². The highest BCUT2D eigenvalue weighted by Crippen LogP contribution is 2.35. The quantitative estimate of drug-likeness (QED) is 0.660. The van der Waals surface area contributed by atoms with Gasteiger partial charge >= 0.3 is 0 Å². The molecule has 1 saturated heterocycles.